The molecule has 1 saturated heterocycles. The number of nitrogens with one attached hydrogen (secondary N) is 2. The molecule has 1 aliphatic carbocycles. The van der Waals surface area contributed by atoms with E-state index in [0.29, 0.717) is 24.4 Å². The molecule has 0 bridgehead atoms. The van der Waals surface area contributed by atoms with Crippen LogP contribution in [0.4, 0.5) is 13.2 Å². The van der Waals surface area contributed by atoms with Gasteiger partial charge in [0.05, 0.1) is 41.1 Å². The number of likely N-dealkylation sites (tertiary alicyclic amines) is 1. The third-order valence-corrected chi connectivity index (χ3v) is 7.84. The molecule has 1 aromatic heterocycles. The minimum atomic E-state index is -4.44. The molecule has 2 aromatic carbocycles. The van der Waals surface area contributed by atoms with Crippen molar-refractivity contribution in [2.75, 3.05) is 19.6 Å². The number of hydrogen-bond acceptors (Lipinski definition) is 5. The van der Waals surface area contributed by atoms with Gasteiger partial charge in [0.1, 0.15) is 0 Å². The topological polar surface area (TPSA) is 82.4 Å². The van der Waals surface area contributed by atoms with Crippen LogP contribution in [0.15, 0.2) is 55.4 Å². The average Bonchev–Trinajstić information content (AvgIpc) is 3.25. The van der Waals surface area contributed by atoms with Crippen LogP contribution in [0.25, 0.3) is 16.7 Å². The maximum atomic E-state index is 12.9. The van der Waals surface area contributed by atoms with E-state index in [1.807, 2.05) is 29.8 Å². The number of alkyl halides is 3. The number of carbonyl (C=O) groups excluding carboxylic acids is 1. The smallest absolute Gasteiger partial charge is 0.385 e. The Labute approximate surface area is 219 Å². The Bertz CT molecular complexity index is 1340. The van der Waals surface area contributed by atoms with Crippen LogP contribution in [0, 0.1) is 0 Å². The van der Waals surface area contributed by atoms with Crippen molar-refractivity contribution in [3.63, 3.8) is 0 Å². The van der Waals surface area contributed by atoms with E-state index >= 15 is 0 Å². The van der Waals surface area contributed by atoms with Gasteiger partial charge in [-0.2, -0.15) is 13.2 Å². The number of benzene rings is 2. The van der Waals surface area contributed by atoms with E-state index in [1.54, 1.807) is 6.33 Å². The number of halogens is 3. The second-order valence-electron chi connectivity index (χ2n) is 10.5. The Hall–Kier alpha value is -3.37. The standard InChI is InChI=1S/C28H32F3N5O2/c1-18(19-4-3-5-21(12-19)28(29,30)31)32-14-26(37)34-22-15-36(16-22)23-8-10-27(38,11-9-23)20-6-7-24-25(13-20)35(2)17-33-24/h3-7,12-13,17,22-23,32,38H,1,8-11,14-16H2,2H3,(H,34,37). The van der Waals surface area contributed by atoms with Crippen molar-refractivity contribution >= 4 is 22.6 Å². The number of carbonyl (C=O) groups is 1. The van der Waals surface area contributed by atoms with Gasteiger partial charge in [0.15, 0.2) is 0 Å². The summed E-state index contributed by atoms with van der Waals surface area (Å²) in [5, 5.41) is 17.1. The van der Waals surface area contributed by atoms with Crippen molar-refractivity contribution in [3.8, 4) is 0 Å². The molecule has 3 N–H and O–H groups in total. The van der Waals surface area contributed by atoms with Gasteiger partial charge in [-0.3, -0.25) is 9.69 Å². The first-order valence-corrected chi connectivity index (χ1v) is 12.8. The third kappa shape index (κ3) is 5.42. The minimum Gasteiger partial charge on any atom is -0.385 e. The Balaban J connectivity index is 1.05. The average molecular weight is 528 g/mol. The summed E-state index contributed by atoms with van der Waals surface area (Å²) < 4.78 is 40.8. The maximum Gasteiger partial charge on any atom is 0.416 e. The summed E-state index contributed by atoms with van der Waals surface area (Å²) in [6, 6.07) is 11.2. The summed E-state index contributed by atoms with van der Waals surface area (Å²) in [5.41, 5.74) is 1.80. The Kier molecular flexibility index (Phi) is 6.96. The lowest BCUT2D eigenvalue weighted by molar-refractivity contribution is -0.137. The summed E-state index contributed by atoms with van der Waals surface area (Å²) in [6.07, 6.45) is 0.441. The zero-order chi connectivity index (χ0) is 27.1. The van der Waals surface area contributed by atoms with Crippen LogP contribution in [0.2, 0.25) is 0 Å². The van der Waals surface area contributed by atoms with Crippen LogP contribution in [0.5, 0.6) is 0 Å². The highest BCUT2D eigenvalue weighted by molar-refractivity contribution is 5.80. The summed E-state index contributed by atoms with van der Waals surface area (Å²) in [6.45, 7) is 5.18. The molecule has 2 heterocycles. The highest BCUT2D eigenvalue weighted by Crippen LogP contribution is 2.40. The van der Waals surface area contributed by atoms with E-state index in [-0.39, 0.29) is 24.2 Å². The molecule has 202 valence electrons. The summed E-state index contributed by atoms with van der Waals surface area (Å²) in [7, 11) is 1.95. The number of imidazole rings is 1. The van der Waals surface area contributed by atoms with Gasteiger partial charge in [-0.25, -0.2) is 4.98 Å². The number of fused-ring (bicyclic) bond motifs is 1. The normalized spacial score (nSPS) is 22.7. The van der Waals surface area contributed by atoms with Gasteiger partial charge in [-0.15, -0.1) is 0 Å². The maximum absolute atomic E-state index is 12.9. The molecule has 0 unspecified atom stereocenters. The van der Waals surface area contributed by atoms with Crippen LogP contribution in [0.3, 0.4) is 0 Å². The minimum absolute atomic E-state index is 0.0270. The molecule has 5 rings (SSSR count). The second-order valence-corrected chi connectivity index (χ2v) is 10.5. The number of amides is 1. The zero-order valence-corrected chi connectivity index (χ0v) is 21.3. The molecule has 1 aliphatic heterocycles. The second kappa shape index (κ2) is 10.1. The lowest BCUT2D eigenvalue weighted by Crippen LogP contribution is -2.63. The van der Waals surface area contributed by atoms with Gasteiger partial charge in [-0.05, 0) is 61.1 Å². The Morgan fingerprint density at radius 1 is 1.18 bits per heavy atom. The highest BCUT2D eigenvalue weighted by Gasteiger charge is 2.40. The molecular weight excluding hydrogens is 495 g/mol. The SMILES string of the molecule is C=C(NCC(=O)NC1CN(C2CCC(O)(c3ccc4ncn(C)c4c3)CC2)C1)c1cccc(C(F)(F)F)c1. The van der Waals surface area contributed by atoms with Crippen molar-refractivity contribution in [1.29, 1.82) is 0 Å². The molecular formula is C28H32F3N5O2. The number of aliphatic hydroxyl groups is 1. The van der Waals surface area contributed by atoms with E-state index in [0.717, 1.165) is 54.7 Å². The van der Waals surface area contributed by atoms with Crippen LogP contribution >= 0.6 is 0 Å². The van der Waals surface area contributed by atoms with E-state index < -0.39 is 17.3 Å². The molecule has 7 nitrogen and oxygen atoms in total. The Morgan fingerprint density at radius 3 is 2.63 bits per heavy atom. The molecule has 38 heavy (non-hydrogen) atoms. The van der Waals surface area contributed by atoms with E-state index in [2.05, 4.69) is 27.1 Å². The molecule has 2 fully saturated rings. The van der Waals surface area contributed by atoms with Crippen LogP contribution < -0.4 is 10.6 Å². The van der Waals surface area contributed by atoms with Gasteiger partial charge in [0, 0.05) is 31.9 Å². The van der Waals surface area contributed by atoms with Gasteiger partial charge >= 0.3 is 6.18 Å². The van der Waals surface area contributed by atoms with Crippen LogP contribution in [0.1, 0.15) is 42.4 Å². The third-order valence-electron chi connectivity index (χ3n) is 7.84. The van der Waals surface area contributed by atoms with Crippen molar-refractivity contribution in [3.05, 3.63) is 72.1 Å². The first-order valence-electron chi connectivity index (χ1n) is 12.8. The quantitative estimate of drug-likeness (QED) is 0.436. The highest BCUT2D eigenvalue weighted by atomic mass is 19.4. The van der Waals surface area contributed by atoms with Gasteiger partial charge in [-0.1, -0.05) is 24.8 Å². The molecule has 3 aromatic rings. The van der Waals surface area contributed by atoms with Crippen molar-refractivity contribution in [2.45, 2.75) is 49.5 Å². The monoisotopic (exact) mass is 527 g/mol. The summed E-state index contributed by atoms with van der Waals surface area (Å²) in [5.74, 6) is -0.230. The fraction of sp³-hybridized carbons (Fsp3) is 0.429. The van der Waals surface area contributed by atoms with Crippen molar-refractivity contribution in [2.24, 2.45) is 7.05 Å². The largest absolute Gasteiger partial charge is 0.416 e. The molecule has 1 saturated carbocycles. The number of aryl methyl sites for hydroxylation is 1. The predicted octanol–water partition coefficient (Wildman–Crippen LogP) is 3.78. The van der Waals surface area contributed by atoms with Crippen LogP contribution in [-0.4, -0.2) is 57.2 Å². The number of nitrogens with zero attached hydrogens (tertiary/aromatic N) is 3. The molecule has 0 radical (unpaired) electrons. The van der Waals surface area contributed by atoms with E-state index in [4.69, 9.17) is 0 Å². The van der Waals surface area contributed by atoms with Gasteiger partial charge in [0.25, 0.3) is 0 Å². The molecule has 0 spiro atoms. The lowest BCUT2D eigenvalue weighted by Gasteiger charge is -2.48. The molecule has 0 atom stereocenters. The Morgan fingerprint density at radius 2 is 1.92 bits per heavy atom. The van der Waals surface area contributed by atoms with Crippen molar-refractivity contribution in [1.82, 2.24) is 25.1 Å². The lowest BCUT2D eigenvalue weighted by atomic mass is 9.76. The number of aromatic nitrogens is 2. The van der Waals surface area contributed by atoms with E-state index in [1.165, 1.54) is 12.1 Å². The van der Waals surface area contributed by atoms with Crippen LogP contribution in [-0.2, 0) is 23.6 Å². The van der Waals surface area contributed by atoms with Gasteiger partial charge < -0.3 is 20.3 Å². The zero-order valence-electron chi connectivity index (χ0n) is 21.3. The van der Waals surface area contributed by atoms with Crippen molar-refractivity contribution < 1.29 is 23.1 Å². The first kappa shape index (κ1) is 26.2. The molecule has 2 aliphatic rings. The fourth-order valence-corrected chi connectivity index (χ4v) is 5.50. The predicted molar refractivity (Wildman–Crippen MR) is 139 cm³/mol. The summed E-state index contributed by atoms with van der Waals surface area (Å²) >= 11 is 0. The first-order chi connectivity index (χ1) is 18.0. The molecule has 1 amide bonds. The van der Waals surface area contributed by atoms with Gasteiger partial charge in [0.2, 0.25) is 5.91 Å². The number of rotatable bonds is 7. The number of hydrogen-bond donors (Lipinski definition) is 3. The fourth-order valence-electron chi connectivity index (χ4n) is 5.50. The summed E-state index contributed by atoms with van der Waals surface area (Å²) in [4.78, 5) is 19.1. The van der Waals surface area contributed by atoms with E-state index in [9.17, 15) is 23.1 Å². The molecule has 10 heteroatoms.